The van der Waals surface area contributed by atoms with Crippen molar-refractivity contribution in [3.8, 4) is 0 Å². The molecule has 2 N–H and O–H groups in total. The van der Waals surface area contributed by atoms with Crippen LogP contribution >= 0.6 is 0 Å². The minimum absolute atomic E-state index is 0.408. The fraction of sp³-hybridized carbons (Fsp3) is 0.750. The predicted octanol–water partition coefficient (Wildman–Crippen LogP) is 1.44. The third kappa shape index (κ3) is 1.76. The van der Waals surface area contributed by atoms with Crippen molar-refractivity contribution in [2.45, 2.75) is 57.3 Å². The molecule has 4 heteroatoms. The molecule has 0 saturated carbocycles. The van der Waals surface area contributed by atoms with E-state index in [9.17, 15) is 0 Å². The SMILES string of the molecule is Cc1cc(CN2C3CCC2CC(N)C3)on1. The predicted molar refractivity (Wildman–Crippen MR) is 60.8 cm³/mol. The molecular weight excluding hydrogens is 202 g/mol. The van der Waals surface area contributed by atoms with Gasteiger partial charge in [-0.05, 0) is 32.6 Å². The number of nitrogens with two attached hydrogens (primary N) is 1. The van der Waals surface area contributed by atoms with Crippen LogP contribution < -0.4 is 5.73 Å². The van der Waals surface area contributed by atoms with Crippen LogP contribution in [0.3, 0.4) is 0 Å². The van der Waals surface area contributed by atoms with Gasteiger partial charge in [0.05, 0.1) is 12.2 Å². The van der Waals surface area contributed by atoms with Gasteiger partial charge in [-0.1, -0.05) is 5.16 Å². The van der Waals surface area contributed by atoms with E-state index in [4.69, 9.17) is 10.3 Å². The molecule has 2 atom stereocenters. The smallest absolute Gasteiger partial charge is 0.150 e. The van der Waals surface area contributed by atoms with Gasteiger partial charge >= 0.3 is 0 Å². The molecule has 2 fully saturated rings. The van der Waals surface area contributed by atoms with Crippen molar-refractivity contribution in [2.75, 3.05) is 0 Å². The Hall–Kier alpha value is -0.870. The molecule has 4 nitrogen and oxygen atoms in total. The minimum Gasteiger partial charge on any atom is -0.360 e. The second-order valence-electron chi connectivity index (χ2n) is 5.22. The van der Waals surface area contributed by atoms with Crippen LogP contribution in [0.5, 0.6) is 0 Å². The summed E-state index contributed by atoms with van der Waals surface area (Å²) in [5.41, 5.74) is 7.02. The Morgan fingerprint density at radius 1 is 1.44 bits per heavy atom. The summed E-state index contributed by atoms with van der Waals surface area (Å²) in [6, 6.07) is 3.78. The van der Waals surface area contributed by atoms with Gasteiger partial charge in [0.1, 0.15) is 0 Å². The number of hydrogen-bond donors (Lipinski definition) is 1. The summed E-state index contributed by atoms with van der Waals surface area (Å²) >= 11 is 0. The fourth-order valence-corrected chi connectivity index (χ4v) is 3.25. The number of rotatable bonds is 2. The second kappa shape index (κ2) is 3.86. The van der Waals surface area contributed by atoms with E-state index in [-0.39, 0.29) is 0 Å². The molecule has 2 saturated heterocycles. The molecule has 2 aliphatic heterocycles. The first-order valence-corrected chi connectivity index (χ1v) is 6.16. The van der Waals surface area contributed by atoms with Gasteiger partial charge in [0.2, 0.25) is 0 Å². The lowest BCUT2D eigenvalue weighted by Gasteiger charge is -2.36. The molecule has 2 aliphatic rings. The molecule has 0 aromatic carbocycles. The maximum Gasteiger partial charge on any atom is 0.150 e. The Bertz CT molecular complexity index is 362. The van der Waals surface area contributed by atoms with Gasteiger partial charge in [0.15, 0.2) is 5.76 Å². The maximum absolute atomic E-state index is 6.05. The molecular formula is C12H19N3O. The third-order valence-electron chi connectivity index (χ3n) is 3.94. The summed E-state index contributed by atoms with van der Waals surface area (Å²) in [5.74, 6) is 0.991. The summed E-state index contributed by atoms with van der Waals surface area (Å²) in [6.45, 7) is 2.87. The lowest BCUT2D eigenvalue weighted by atomic mass is 9.98. The second-order valence-corrected chi connectivity index (χ2v) is 5.22. The first-order valence-electron chi connectivity index (χ1n) is 6.16. The van der Waals surface area contributed by atoms with Gasteiger partial charge in [-0.2, -0.15) is 0 Å². The Morgan fingerprint density at radius 3 is 2.69 bits per heavy atom. The molecule has 2 unspecified atom stereocenters. The molecule has 88 valence electrons. The zero-order chi connectivity index (χ0) is 11.1. The molecule has 2 bridgehead atoms. The molecule has 0 aliphatic carbocycles. The number of fused-ring (bicyclic) bond motifs is 2. The van der Waals surface area contributed by atoms with Crippen LogP contribution in [-0.4, -0.2) is 28.2 Å². The average Bonchev–Trinajstić information content (AvgIpc) is 2.72. The highest BCUT2D eigenvalue weighted by Crippen LogP contribution is 2.36. The average molecular weight is 221 g/mol. The van der Waals surface area contributed by atoms with Gasteiger partial charge in [0, 0.05) is 24.2 Å². The lowest BCUT2D eigenvalue weighted by molar-refractivity contribution is 0.108. The highest BCUT2D eigenvalue weighted by molar-refractivity contribution is 5.05. The monoisotopic (exact) mass is 221 g/mol. The Kier molecular flexibility index (Phi) is 2.48. The summed E-state index contributed by atoms with van der Waals surface area (Å²) in [6.07, 6.45) is 4.88. The van der Waals surface area contributed by atoms with Crippen molar-refractivity contribution in [2.24, 2.45) is 5.73 Å². The first-order chi connectivity index (χ1) is 7.72. The van der Waals surface area contributed by atoms with E-state index in [1.807, 2.05) is 13.0 Å². The molecule has 3 heterocycles. The fourth-order valence-electron chi connectivity index (χ4n) is 3.25. The van der Waals surface area contributed by atoms with Gasteiger partial charge < -0.3 is 10.3 Å². The van der Waals surface area contributed by atoms with Crippen LogP contribution in [0.4, 0.5) is 0 Å². The number of aromatic nitrogens is 1. The van der Waals surface area contributed by atoms with E-state index >= 15 is 0 Å². The Balaban J connectivity index is 1.72. The molecule has 0 radical (unpaired) electrons. The van der Waals surface area contributed by atoms with E-state index in [1.54, 1.807) is 0 Å². The standard InChI is InChI=1S/C12H19N3O/c1-8-4-12(16-14-8)7-15-10-2-3-11(15)6-9(13)5-10/h4,9-11H,2-3,5-7,13H2,1H3. The molecule has 3 rings (SSSR count). The van der Waals surface area contributed by atoms with Crippen LogP contribution in [0.15, 0.2) is 10.6 Å². The van der Waals surface area contributed by atoms with Crippen LogP contribution in [0, 0.1) is 6.92 Å². The normalized spacial score (nSPS) is 34.5. The number of aryl methyl sites for hydroxylation is 1. The van der Waals surface area contributed by atoms with Gasteiger partial charge in [-0.3, -0.25) is 4.90 Å². The molecule has 1 aromatic rings. The van der Waals surface area contributed by atoms with Crippen molar-refractivity contribution in [3.63, 3.8) is 0 Å². The van der Waals surface area contributed by atoms with Crippen molar-refractivity contribution in [1.29, 1.82) is 0 Å². The quantitative estimate of drug-likeness (QED) is 0.821. The van der Waals surface area contributed by atoms with Crippen LogP contribution in [0.25, 0.3) is 0 Å². The largest absolute Gasteiger partial charge is 0.360 e. The van der Waals surface area contributed by atoms with E-state index in [2.05, 4.69) is 10.1 Å². The first kappa shape index (κ1) is 10.3. The summed E-state index contributed by atoms with van der Waals surface area (Å²) in [5, 5.41) is 3.94. The highest BCUT2D eigenvalue weighted by atomic mass is 16.5. The van der Waals surface area contributed by atoms with Gasteiger partial charge in [-0.15, -0.1) is 0 Å². The zero-order valence-electron chi connectivity index (χ0n) is 9.72. The summed E-state index contributed by atoms with van der Waals surface area (Å²) in [7, 11) is 0. The molecule has 0 amide bonds. The maximum atomic E-state index is 6.05. The molecule has 16 heavy (non-hydrogen) atoms. The van der Waals surface area contributed by atoms with E-state index in [0.717, 1.165) is 30.8 Å². The number of piperidine rings is 1. The van der Waals surface area contributed by atoms with Crippen LogP contribution in [-0.2, 0) is 6.54 Å². The highest BCUT2D eigenvalue weighted by Gasteiger charge is 2.39. The topological polar surface area (TPSA) is 55.3 Å². The van der Waals surface area contributed by atoms with Crippen molar-refractivity contribution >= 4 is 0 Å². The third-order valence-corrected chi connectivity index (χ3v) is 3.94. The van der Waals surface area contributed by atoms with Crippen molar-refractivity contribution in [3.05, 3.63) is 17.5 Å². The van der Waals surface area contributed by atoms with E-state index in [1.165, 1.54) is 12.8 Å². The minimum atomic E-state index is 0.408. The Labute approximate surface area is 95.8 Å². The van der Waals surface area contributed by atoms with Crippen LogP contribution in [0.1, 0.15) is 37.1 Å². The van der Waals surface area contributed by atoms with Gasteiger partial charge in [-0.25, -0.2) is 0 Å². The molecule has 1 aromatic heterocycles. The number of hydrogen-bond acceptors (Lipinski definition) is 4. The van der Waals surface area contributed by atoms with Gasteiger partial charge in [0.25, 0.3) is 0 Å². The Morgan fingerprint density at radius 2 is 2.12 bits per heavy atom. The summed E-state index contributed by atoms with van der Waals surface area (Å²) in [4.78, 5) is 2.56. The van der Waals surface area contributed by atoms with Crippen LogP contribution in [0.2, 0.25) is 0 Å². The van der Waals surface area contributed by atoms with E-state index in [0.29, 0.717) is 18.1 Å². The van der Waals surface area contributed by atoms with E-state index < -0.39 is 0 Å². The number of nitrogens with zero attached hydrogens (tertiary/aromatic N) is 2. The van der Waals surface area contributed by atoms with Crippen molar-refractivity contribution in [1.82, 2.24) is 10.1 Å². The zero-order valence-corrected chi connectivity index (χ0v) is 9.72. The van der Waals surface area contributed by atoms with Crippen molar-refractivity contribution < 1.29 is 4.52 Å². The summed E-state index contributed by atoms with van der Waals surface area (Å²) < 4.78 is 5.30. The lowest BCUT2D eigenvalue weighted by Crippen LogP contribution is -2.46. The molecule has 0 spiro atoms.